The number of hydrogen-bond donors (Lipinski definition) is 2. The molecule has 0 aromatic heterocycles. The zero-order chi connectivity index (χ0) is 21.3. The van der Waals surface area contributed by atoms with Crippen molar-refractivity contribution in [1.82, 2.24) is 4.72 Å². The first-order valence-corrected chi connectivity index (χ1v) is 10.1. The molecule has 1 amide bonds. The molecule has 0 heterocycles. The van der Waals surface area contributed by atoms with Gasteiger partial charge in [0.2, 0.25) is 10.0 Å². The van der Waals surface area contributed by atoms with Crippen LogP contribution in [-0.4, -0.2) is 46.0 Å². The lowest BCUT2D eigenvalue weighted by Gasteiger charge is -2.11. The maximum atomic E-state index is 12.0. The van der Waals surface area contributed by atoms with E-state index in [-0.39, 0.29) is 22.8 Å². The first kappa shape index (κ1) is 22.1. The minimum absolute atomic E-state index is 0.00103. The first-order valence-electron chi connectivity index (χ1n) is 8.60. The normalized spacial score (nSPS) is 10.8. The van der Waals surface area contributed by atoms with E-state index in [1.165, 1.54) is 24.3 Å². The zero-order valence-corrected chi connectivity index (χ0v) is 16.4. The fourth-order valence-electron chi connectivity index (χ4n) is 2.20. The smallest absolute Gasteiger partial charge is 0.340 e. The van der Waals surface area contributed by atoms with Crippen LogP contribution in [0.4, 0.5) is 5.69 Å². The highest BCUT2D eigenvalue weighted by molar-refractivity contribution is 7.89. The van der Waals surface area contributed by atoms with E-state index in [4.69, 9.17) is 9.47 Å². The van der Waals surface area contributed by atoms with Crippen molar-refractivity contribution in [3.8, 4) is 0 Å². The number of esters is 2. The average Bonchev–Trinajstić information content (AvgIpc) is 2.72. The number of para-hydroxylation sites is 1. The molecule has 2 N–H and O–H groups in total. The number of sulfonamides is 1. The number of benzene rings is 2. The summed E-state index contributed by atoms with van der Waals surface area (Å²) in [4.78, 5) is 35.6. The van der Waals surface area contributed by atoms with Crippen molar-refractivity contribution in [3.63, 3.8) is 0 Å². The van der Waals surface area contributed by atoms with Gasteiger partial charge >= 0.3 is 11.9 Å². The summed E-state index contributed by atoms with van der Waals surface area (Å²) in [6.45, 7) is 0.551. The van der Waals surface area contributed by atoms with Crippen LogP contribution in [0.3, 0.4) is 0 Å². The van der Waals surface area contributed by atoms with Crippen LogP contribution in [0.15, 0.2) is 59.5 Å². The number of ether oxygens (including phenoxy) is 2. The molecule has 0 atom stereocenters. The molecule has 0 aliphatic carbocycles. The predicted octanol–water partition coefficient (Wildman–Crippen LogP) is 1.32. The Morgan fingerprint density at radius 3 is 2.28 bits per heavy atom. The first-order chi connectivity index (χ1) is 13.8. The van der Waals surface area contributed by atoms with Crippen molar-refractivity contribution in [2.45, 2.75) is 11.8 Å². The van der Waals surface area contributed by atoms with Crippen molar-refractivity contribution in [2.24, 2.45) is 0 Å². The van der Waals surface area contributed by atoms with Gasteiger partial charge in [-0.2, -0.15) is 4.72 Å². The third-order valence-electron chi connectivity index (χ3n) is 3.52. The summed E-state index contributed by atoms with van der Waals surface area (Å²) in [6, 6.07) is 13.7. The largest absolute Gasteiger partial charge is 0.462 e. The second-order valence-electron chi connectivity index (χ2n) is 5.61. The number of anilines is 1. The number of carbonyl (C=O) groups is 3. The fourth-order valence-corrected chi connectivity index (χ4v) is 3.19. The fraction of sp³-hybridized carbons (Fsp3) is 0.211. The van der Waals surface area contributed by atoms with Crippen molar-refractivity contribution >= 4 is 33.6 Å². The number of hydrogen-bond acceptors (Lipinski definition) is 7. The van der Waals surface area contributed by atoms with Crippen molar-refractivity contribution in [1.29, 1.82) is 0 Å². The molecule has 0 saturated heterocycles. The molecular weight excluding hydrogens is 400 g/mol. The summed E-state index contributed by atoms with van der Waals surface area (Å²) in [7, 11) is -3.87. The monoisotopic (exact) mass is 420 g/mol. The molecule has 0 fully saturated rings. The van der Waals surface area contributed by atoms with Crippen LogP contribution in [0.25, 0.3) is 0 Å². The maximum Gasteiger partial charge on any atom is 0.340 e. The van der Waals surface area contributed by atoms with Gasteiger partial charge in [-0.3, -0.25) is 9.59 Å². The van der Waals surface area contributed by atoms with Crippen molar-refractivity contribution < 1.29 is 32.3 Å². The van der Waals surface area contributed by atoms with Gasteiger partial charge in [-0.1, -0.05) is 30.3 Å². The second-order valence-corrected chi connectivity index (χ2v) is 7.38. The van der Waals surface area contributed by atoms with Crippen LogP contribution in [0.5, 0.6) is 0 Å². The van der Waals surface area contributed by atoms with Gasteiger partial charge in [0.25, 0.3) is 5.91 Å². The molecular formula is C19H20N2O7S. The molecule has 0 aliphatic rings. The second kappa shape index (κ2) is 10.3. The van der Waals surface area contributed by atoms with Gasteiger partial charge in [0, 0.05) is 0 Å². The van der Waals surface area contributed by atoms with Gasteiger partial charge in [0.05, 0.1) is 22.8 Å². The highest BCUT2D eigenvalue weighted by Crippen LogP contribution is 2.16. The summed E-state index contributed by atoms with van der Waals surface area (Å²) in [5.41, 5.74) is 0.362. The van der Waals surface area contributed by atoms with Crippen LogP contribution >= 0.6 is 0 Å². The lowest BCUT2D eigenvalue weighted by Crippen LogP contribution is -2.32. The van der Waals surface area contributed by atoms with Crippen molar-refractivity contribution in [2.75, 3.05) is 25.1 Å². The Balaban J connectivity index is 1.85. The van der Waals surface area contributed by atoms with E-state index in [0.717, 1.165) is 0 Å². The van der Waals surface area contributed by atoms with Crippen LogP contribution in [0.2, 0.25) is 0 Å². The van der Waals surface area contributed by atoms with Gasteiger partial charge in [0.1, 0.15) is 6.54 Å². The van der Waals surface area contributed by atoms with E-state index in [1.54, 1.807) is 37.3 Å². The number of nitrogens with one attached hydrogen (secondary N) is 2. The Hall–Kier alpha value is -3.24. The van der Waals surface area contributed by atoms with E-state index >= 15 is 0 Å². The molecule has 2 rings (SSSR count). The van der Waals surface area contributed by atoms with Gasteiger partial charge in [-0.25, -0.2) is 13.2 Å². The molecule has 0 aliphatic heterocycles. The number of carbonyl (C=O) groups excluding carboxylic acids is 3. The van der Waals surface area contributed by atoms with E-state index < -0.39 is 41.0 Å². The lowest BCUT2D eigenvalue weighted by molar-refractivity contribution is -0.146. The summed E-state index contributed by atoms with van der Waals surface area (Å²) < 4.78 is 35.8. The van der Waals surface area contributed by atoms with E-state index in [2.05, 4.69) is 10.0 Å². The molecule has 2 aromatic carbocycles. The third kappa shape index (κ3) is 6.70. The Bertz CT molecular complexity index is 975. The van der Waals surface area contributed by atoms with Gasteiger partial charge in [0.15, 0.2) is 6.61 Å². The Morgan fingerprint density at radius 2 is 1.59 bits per heavy atom. The molecule has 0 bridgehead atoms. The third-order valence-corrected chi connectivity index (χ3v) is 4.94. The summed E-state index contributed by atoms with van der Waals surface area (Å²) >= 11 is 0. The van der Waals surface area contributed by atoms with Gasteiger partial charge in [-0.05, 0) is 31.2 Å². The van der Waals surface area contributed by atoms with Crippen molar-refractivity contribution in [3.05, 3.63) is 60.2 Å². The Kier molecular flexibility index (Phi) is 7.87. The highest BCUT2D eigenvalue weighted by Gasteiger charge is 2.17. The predicted molar refractivity (Wildman–Crippen MR) is 104 cm³/mol. The van der Waals surface area contributed by atoms with Crippen LogP contribution in [-0.2, 0) is 29.1 Å². The molecule has 0 unspecified atom stereocenters. The van der Waals surface area contributed by atoms with Crippen LogP contribution < -0.4 is 10.0 Å². The molecule has 2 aromatic rings. The minimum Gasteiger partial charge on any atom is -0.462 e. The molecule has 0 radical (unpaired) electrons. The standard InChI is InChI=1S/C19H20N2O7S/c1-2-27-19(24)15-10-6-7-11-16(15)21-17(22)13-28-18(23)12-20-29(25,26)14-8-4-3-5-9-14/h3-11,20H,2,12-13H2,1H3,(H,21,22). The molecule has 29 heavy (non-hydrogen) atoms. The highest BCUT2D eigenvalue weighted by atomic mass is 32.2. The average molecular weight is 420 g/mol. The van der Waals surface area contributed by atoms with Gasteiger partial charge in [-0.15, -0.1) is 0 Å². The maximum absolute atomic E-state index is 12.0. The molecule has 0 spiro atoms. The van der Waals surface area contributed by atoms with E-state index in [1.807, 2.05) is 0 Å². The summed E-state index contributed by atoms with van der Waals surface area (Å²) in [6.07, 6.45) is 0. The van der Waals surface area contributed by atoms with E-state index in [9.17, 15) is 22.8 Å². The number of amides is 1. The quantitative estimate of drug-likeness (QED) is 0.586. The SMILES string of the molecule is CCOC(=O)c1ccccc1NC(=O)COC(=O)CNS(=O)(=O)c1ccccc1. The Morgan fingerprint density at radius 1 is 0.931 bits per heavy atom. The van der Waals surface area contributed by atoms with Crippen LogP contribution in [0.1, 0.15) is 17.3 Å². The Labute approximate surface area is 168 Å². The molecule has 10 heteroatoms. The van der Waals surface area contributed by atoms with Gasteiger partial charge < -0.3 is 14.8 Å². The summed E-state index contributed by atoms with van der Waals surface area (Å²) in [5, 5.41) is 2.45. The molecule has 154 valence electrons. The topological polar surface area (TPSA) is 128 Å². The summed E-state index contributed by atoms with van der Waals surface area (Å²) in [5.74, 6) is -2.23. The van der Waals surface area contributed by atoms with Crippen LogP contribution in [0, 0.1) is 0 Å². The molecule has 0 saturated carbocycles. The molecule has 9 nitrogen and oxygen atoms in total. The zero-order valence-electron chi connectivity index (χ0n) is 15.6. The lowest BCUT2D eigenvalue weighted by atomic mass is 10.2. The van der Waals surface area contributed by atoms with E-state index in [0.29, 0.717) is 0 Å². The number of rotatable bonds is 9. The minimum atomic E-state index is -3.87.